The highest BCUT2D eigenvalue weighted by Gasteiger charge is 2.22. The molecule has 1 aliphatic heterocycles. The second kappa shape index (κ2) is 7.55. The van der Waals surface area contributed by atoms with Crippen LogP contribution in [0.5, 0.6) is 0 Å². The molecular formula is C20H19FN4O2S. The lowest BCUT2D eigenvalue weighted by Crippen LogP contribution is -2.46. The Balaban J connectivity index is 1.45. The van der Waals surface area contributed by atoms with Gasteiger partial charge in [-0.15, -0.1) is 10.2 Å². The maximum Gasteiger partial charge on any atom is 0.225 e. The van der Waals surface area contributed by atoms with E-state index in [0.29, 0.717) is 5.82 Å². The molecule has 6 nitrogen and oxygen atoms in total. The van der Waals surface area contributed by atoms with Crippen LogP contribution in [-0.4, -0.2) is 44.8 Å². The summed E-state index contributed by atoms with van der Waals surface area (Å²) >= 11 is 0. The van der Waals surface area contributed by atoms with Crippen LogP contribution in [-0.2, 0) is 9.84 Å². The zero-order valence-electron chi connectivity index (χ0n) is 15.1. The molecule has 4 rings (SSSR count). The Morgan fingerprint density at radius 1 is 0.750 bits per heavy atom. The van der Waals surface area contributed by atoms with E-state index in [9.17, 15) is 12.8 Å². The molecule has 8 heteroatoms. The molecule has 0 aliphatic carbocycles. The van der Waals surface area contributed by atoms with Gasteiger partial charge in [0.2, 0.25) is 9.84 Å². The van der Waals surface area contributed by atoms with Gasteiger partial charge in [-0.25, -0.2) is 12.8 Å². The van der Waals surface area contributed by atoms with Crippen LogP contribution in [0.25, 0.3) is 0 Å². The van der Waals surface area contributed by atoms with Gasteiger partial charge in [-0.05, 0) is 48.5 Å². The Morgan fingerprint density at radius 2 is 1.39 bits per heavy atom. The summed E-state index contributed by atoms with van der Waals surface area (Å²) in [6, 6.07) is 17.8. The van der Waals surface area contributed by atoms with E-state index in [-0.39, 0.29) is 15.7 Å². The summed E-state index contributed by atoms with van der Waals surface area (Å²) in [4.78, 5) is 4.44. The van der Waals surface area contributed by atoms with Crippen molar-refractivity contribution in [2.45, 2.75) is 9.92 Å². The first kappa shape index (κ1) is 18.4. The van der Waals surface area contributed by atoms with Gasteiger partial charge < -0.3 is 9.80 Å². The van der Waals surface area contributed by atoms with Crippen LogP contribution in [0.2, 0.25) is 0 Å². The molecule has 0 radical (unpaired) electrons. The first-order chi connectivity index (χ1) is 13.5. The molecule has 0 unspecified atom stereocenters. The predicted molar refractivity (Wildman–Crippen MR) is 105 cm³/mol. The Labute approximate surface area is 163 Å². The molecule has 1 aromatic heterocycles. The highest BCUT2D eigenvalue weighted by Crippen LogP contribution is 2.22. The van der Waals surface area contributed by atoms with Crippen LogP contribution >= 0.6 is 0 Å². The molecule has 0 saturated carbocycles. The normalized spacial score (nSPS) is 14.9. The van der Waals surface area contributed by atoms with Gasteiger partial charge in [0.25, 0.3) is 0 Å². The lowest BCUT2D eigenvalue weighted by Gasteiger charge is -2.36. The second-order valence-corrected chi connectivity index (χ2v) is 8.39. The third-order valence-corrected chi connectivity index (χ3v) is 6.41. The van der Waals surface area contributed by atoms with E-state index < -0.39 is 9.84 Å². The van der Waals surface area contributed by atoms with E-state index in [1.165, 1.54) is 18.2 Å². The molecule has 2 aromatic carbocycles. The molecule has 28 heavy (non-hydrogen) atoms. The fraction of sp³-hybridized carbons (Fsp3) is 0.200. The van der Waals surface area contributed by atoms with Crippen molar-refractivity contribution in [1.29, 1.82) is 0 Å². The van der Waals surface area contributed by atoms with Crippen molar-refractivity contribution >= 4 is 21.3 Å². The molecule has 0 atom stereocenters. The predicted octanol–water partition coefficient (Wildman–Crippen LogP) is 2.78. The average molecular weight is 398 g/mol. The quantitative estimate of drug-likeness (QED) is 0.673. The molecule has 1 aliphatic rings. The Morgan fingerprint density at radius 3 is 2.00 bits per heavy atom. The topological polar surface area (TPSA) is 66.4 Å². The Kier molecular flexibility index (Phi) is 4.95. The van der Waals surface area contributed by atoms with E-state index in [2.05, 4.69) is 20.0 Å². The number of piperazine rings is 1. The SMILES string of the molecule is O=S(=O)(c1ccccc1)c1ccc(N2CCN(c3ccc(F)cc3)CC2)nn1. The molecule has 3 aromatic rings. The van der Waals surface area contributed by atoms with Crippen molar-refractivity contribution < 1.29 is 12.8 Å². The van der Waals surface area contributed by atoms with Gasteiger partial charge in [0, 0.05) is 31.9 Å². The molecule has 144 valence electrons. The highest BCUT2D eigenvalue weighted by molar-refractivity contribution is 7.91. The zero-order chi connectivity index (χ0) is 19.6. The third kappa shape index (κ3) is 3.68. The summed E-state index contributed by atoms with van der Waals surface area (Å²) in [7, 11) is -3.67. The summed E-state index contributed by atoms with van der Waals surface area (Å²) in [6.07, 6.45) is 0. The number of sulfone groups is 1. The van der Waals surface area contributed by atoms with Gasteiger partial charge in [-0.2, -0.15) is 0 Å². The summed E-state index contributed by atoms with van der Waals surface area (Å²) < 4.78 is 38.3. The summed E-state index contributed by atoms with van der Waals surface area (Å²) in [6.45, 7) is 2.96. The summed E-state index contributed by atoms with van der Waals surface area (Å²) in [5, 5.41) is 8.02. The summed E-state index contributed by atoms with van der Waals surface area (Å²) in [5.41, 5.74) is 0.983. The minimum Gasteiger partial charge on any atom is -0.368 e. The smallest absolute Gasteiger partial charge is 0.225 e. The van der Waals surface area contributed by atoms with Crippen molar-refractivity contribution in [3.05, 3.63) is 72.5 Å². The van der Waals surface area contributed by atoms with Gasteiger partial charge in [0.1, 0.15) is 5.82 Å². The number of hydrogen-bond donors (Lipinski definition) is 0. The van der Waals surface area contributed by atoms with Crippen molar-refractivity contribution in [2.24, 2.45) is 0 Å². The van der Waals surface area contributed by atoms with Crippen LogP contribution in [0.3, 0.4) is 0 Å². The molecular weight excluding hydrogens is 379 g/mol. The van der Waals surface area contributed by atoms with Crippen LogP contribution in [0.1, 0.15) is 0 Å². The highest BCUT2D eigenvalue weighted by atomic mass is 32.2. The third-order valence-electron chi connectivity index (χ3n) is 4.75. The van der Waals surface area contributed by atoms with Crippen molar-refractivity contribution in [3.63, 3.8) is 0 Å². The van der Waals surface area contributed by atoms with E-state index in [0.717, 1.165) is 31.9 Å². The largest absolute Gasteiger partial charge is 0.368 e. The Bertz CT molecular complexity index is 1030. The number of aromatic nitrogens is 2. The van der Waals surface area contributed by atoms with Gasteiger partial charge >= 0.3 is 0 Å². The van der Waals surface area contributed by atoms with Crippen LogP contribution in [0.15, 0.2) is 76.7 Å². The fourth-order valence-electron chi connectivity index (χ4n) is 3.19. The number of benzene rings is 2. The first-order valence-electron chi connectivity index (χ1n) is 8.93. The standard InChI is InChI=1S/C20H19FN4O2S/c21-16-6-8-17(9-7-16)24-12-14-25(15-13-24)19-10-11-20(23-22-19)28(26,27)18-4-2-1-3-5-18/h1-11H,12-15H2. The van der Waals surface area contributed by atoms with Crippen molar-refractivity contribution in [2.75, 3.05) is 36.0 Å². The van der Waals surface area contributed by atoms with E-state index in [4.69, 9.17) is 0 Å². The number of hydrogen-bond acceptors (Lipinski definition) is 6. The Hall–Kier alpha value is -3.00. The van der Waals surface area contributed by atoms with Gasteiger partial charge in [-0.1, -0.05) is 18.2 Å². The maximum atomic E-state index is 13.1. The van der Waals surface area contributed by atoms with E-state index in [1.54, 1.807) is 48.5 Å². The zero-order valence-corrected chi connectivity index (χ0v) is 15.9. The van der Waals surface area contributed by atoms with Crippen LogP contribution in [0, 0.1) is 5.82 Å². The monoisotopic (exact) mass is 398 g/mol. The number of nitrogens with zero attached hydrogens (tertiary/aromatic N) is 4. The number of halogens is 1. The number of anilines is 2. The molecule has 0 N–H and O–H groups in total. The average Bonchev–Trinajstić information content (AvgIpc) is 2.75. The molecule has 0 bridgehead atoms. The summed E-state index contributed by atoms with van der Waals surface area (Å²) in [5.74, 6) is 0.397. The minimum absolute atomic E-state index is 0.0626. The van der Waals surface area contributed by atoms with Gasteiger partial charge in [-0.3, -0.25) is 0 Å². The first-order valence-corrected chi connectivity index (χ1v) is 10.4. The van der Waals surface area contributed by atoms with Crippen molar-refractivity contribution in [3.8, 4) is 0 Å². The van der Waals surface area contributed by atoms with Crippen LogP contribution in [0.4, 0.5) is 15.9 Å². The second-order valence-electron chi connectivity index (χ2n) is 6.50. The minimum atomic E-state index is -3.67. The van der Waals surface area contributed by atoms with Crippen LogP contribution < -0.4 is 9.80 Å². The lowest BCUT2D eigenvalue weighted by molar-refractivity contribution is 0.589. The van der Waals surface area contributed by atoms with E-state index in [1.807, 2.05) is 0 Å². The molecule has 1 saturated heterocycles. The number of rotatable bonds is 4. The lowest BCUT2D eigenvalue weighted by atomic mass is 10.2. The maximum absolute atomic E-state index is 13.1. The van der Waals surface area contributed by atoms with E-state index >= 15 is 0 Å². The fourth-order valence-corrected chi connectivity index (χ4v) is 4.34. The molecule has 0 spiro atoms. The molecule has 1 fully saturated rings. The van der Waals surface area contributed by atoms with Gasteiger partial charge in [0.15, 0.2) is 10.8 Å². The molecule has 0 amide bonds. The van der Waals surface area contributed by atoms with Crippen molar-refractivity contribution in [1.82, 2.24) is 10.2 Å². The molecule has 2 heterocycles. The van der Waals surface area contributed by atoms with Gasteiger partial charge in [0.05, 0.1) is 4.90 Å².